The fourth-order valence-corrected chi connectivity index (χ4v) is 4.70. The summed E-state index contributed by atoms with van der Waals surface area (Å²) < 4.78 is 32.6. The smallest absolute Gasteiger partial charge is 0.276 e. The van der Waals surface area contributed by atoms with E-state index in [9.17, 15) is 13.6 Å². The fraction of sp³-hybridized carbons (Fsp3) is 0.545. The summed E-state index contributed by atoms with van der Waals surface area (Å²) in [5, 5.41) is 0. The maximum Gasteiger partial charge on any atom is 0.276 e. The lowest BCUT2D eigenvalue weighted by Crippen LogP contribution is -2.37. The molecule has 0 radical (unpaired) electrons. The van der Waals surface area contributed by atoms with E-state index in [1.165, 1.54) is 6.39 Å². The van der Waals surface area contributed by atoms with Crippen molar-refractivity contribution >= 4 is 5.91 Å². The number of rotatable bonds is 5. The lowest BCUT2D eigenvalue weighted by molar-refractivity contribution is 0.0765. The van der Waals surface area contributed by atoms with E-state index >= 15 is 0 Å². The van der Waals surface area contributed by atoms with Crippen LogP contribution in [0.4, 0.5) is 8.78 Å². The van der Waals surface area contributed by atoms with Crippen molar-refractivity contribution in [1.82, 2.24) is 14.8 Å². The summed E-state index contributed by atoms with van der Waals surface area (Å²) in [5.74, 6) is 0.145. The molecular formula is C22H27F2N3O2. The molecule has 4 rings (SSSR count). The molecule has 2 aliphatic rings. The predicted octanol–water partition coefficient (Wildman–Crippen LogP) is 3.89. The van der Waals surface area contributed by atoms with Crippen LogP contribution >= 0.6 is 0 Å². The van der Waals surface area contributed by atoms with Crippen LogP contribution < -0.4 is 0 Å². The highest BCUT2D eigenvalue weighted by Gasteiger charge is 2.35. The molecule has 7 heteroatoms. The molecule has 29 heavy (non-hydrogen) atoms. The van der Waals surface area contributed by atoms with E-state index in [1.807, 2.05) is 11.8 Å². The second-order valence-corrected chi connectivity index (χ2v) is 8.10. The Morgan fingerprint density at radius 1 is 1.17 bits per heavy atom. The zero-order valence-electron chi connectivity index (χ0n) is 16.7. The van der Waals surface area contributed by atoms with E-state index in [0.717, 1.165) is 51.5 Å². The summed E-state index contributed by atoms with van der Waals surface area (Å²) in [6.07, 6.45) is 5.05. The summed E-state index contributed by atoms with van der Waals surface area (Å²) in [6.45, 7) is 5.65. The van der Waals surface area contributed by atoms with E-state index in [4.69, 9.17) is 4.42 Å². The number of halogens is 2. The third-order valence-corrected chi connectivity index (χ3v) is 6.40. The molecule has 1 aromatic heterocycles. The Kier molecular flexibility index (Phi) is 5.94. The minimum absolute atomic E-state index is 0.0304. The van der Waals surface area contributed by atoms with Crippen LogP contribution in [0.5, 0.6) is 0 Å². The third kappa shape index (κ3) is 4.20. The second kappa shape index (κ2) is 8.61. The topological polar surface area (TPSA) is 49.6 Å². The number of amides is 1. The zero-order valence-corrected chi connectivity index (χ0v) is 16.7. The van der Waals surface area contributed by atoms with E-state index in [1.54, 1.807) is 12.1 Å². The van der Waals surface area contributed by atoms with E-state index in [0.29, 0.717) is 41.8 Å². The van der Waals surface area contributed by atoms with Gasteiger partial charge in [-0.15, -0.1) is 0 Å². The number of benzene rings is 1. The first-order valence-corrected chi connectivity index (χ1v) is 10.4. The van der Waals surface area contributed by atoms with Gasteiger partial charge in [-0.3, -0.25) is 9.69 Å². The molecule has 2 fully saturated rings. The molecule has 0 N–H and O–H groups in total. The highest BCUT2D eigenvalue weighted by molar-refractivity contribution is 5.93. The van der Waals surface area contributed by atoms with Gasteiger partial charge in [0.15, 0.2) is 23.7 Å². The van der Waals surface area contributed by atoms with Crippen molar-refractivity contribution in [2.24, 2.45) is 11.8 Å². The standard InChI is InChI=1S/C22H27F2N3O2/c1-2-19-21(25-14-29-19)22(28)27-11-8-16(13-27)15-6-9-26(10-7-15)12-17-4-3-5-18(23)20(17)24/h3-5,14-16H,2,6-13H2,1H3/t16-/m0/s1. The molecule has 0 aliphatic carbocycles. The Hall–Kier alpha value is -2.28. The number of aromatic nitrogens is 1. The van der Waals surface area contributed by atoms with Crippen molar-refractivity contribution in [3.05, 3.63) is 53.2 Å². The monoisotopic (exact) mass is 403 g/mol. The number of hydrogen-bond donors (Lipinski definition) is 0. The maximum absolute atomic E-state index is 13.9. The van der Waals surface area contributed by atoms with Gasteiger partial charge in [-0.1, -0.05) is 19.1 Å². The number of carbonyl (C=O) groups excluding carboxylic acids is 1. The molecule has 156 valence electrons. The molecule has 0 unspecified atom stereocenters. The van der Waals surface area contributed by atoms with Crippen molar-refractivity contribution in [2.75, 3.05) is 26.2 Å². The molecule has 0 spiro atoms. The SMILES string of the molecule is CCc1ocnc1C(=O)N1CC[C@H](C2CCN(Cc3cccc(F)c3F)CC2)C1. The molecule has 0 saturated carbocycles. The molecule has 0 bridgehead atoms. The van der Waals surface area contributed by atoms with Gasteiger partial charge in [0.05, 0.1) is 0 Å². The van der Waals surface area contributed by atoms with Gasteiger partial charge in [0.2, 0.25) is 0 Å². The van der Waals surface area contributed by atoms with Gasteiger partial charge in [0.1, 0.15) is 5.76 Å². The van der Waals surface area contributed by atoms with Crippen LogP contribution in [-0.2, 0) is 13.0 Å². The molecule has 1 aromatic carbocycles. The number of piperidine rings is 1. The van der Waals surface area contributed by atoms with Crippen molar-refractivity contribution < 1.29 is 18.0 Å². The average molecular weight is 403 g/mol. The lowest BCUT2D eigenvalue weighted by Gasteiger charge is -2.34. The first-order valence-electron chi connectivity index (χ1n) is 10.4. The molecule has 1 atom stereocenters. The van der Waals surface area contributed by atoms with Crippen LogP contribution in [0, 0.1) is 23.5 Å². The summed E-state index contributed by atoms with van der Waals surface area (Å²) >= 11 is 0. The second-order valence-electron chi connectivity index (χ2n) is 8.10. The van der Waals surface area contributed by atoms with Gasteiger partial charge >= 0.3 is 0 Å². The van der Waals surface area contributed by atoms with E-state index < -0.39 is 11.6 Å². The van der Waals surface area contributed by atoms with Crippen molar-refractivity contribution in [2.45, 2.75) is 39.2 Å². The summed E-state index contributed by atoms with van der Waals surface area (Å²) in [7, 11) is 0. The summed E-state index contributed by atoms with van der Waals surface area (Å²) in [4.78, 5) is 21.0. The van der Waals surface area contributed by atoms with Crippen LogP contribution in [0.1, 0.15) is 48.0 Å². The summed E-state index contributed by atoms with van der Waals surface area (Å²) in [6, 6.07) is 4.36. The molecule has 5 nitrogen and oxygen atoms in total. The molecule has 2 saturated heterocycles. The number of likely N-dealkylation sites (tertiary alicyclic amines) is 2. The molecule has 3 heterocycles. The zero-order chi connectivity index (χ0) is 20.4. The normalized spacial score (nSPS) is 21.1. The van der Waals surface area contributed by atoms with Crippen LogP contribution in [-0.4, -0.2) is 46.9 Å². The lowest BCUT2D eigenvalue weighted by atomic mass is 9.83. The van der Waals surface area contributed by atoms with Crippen molar-refractivity contribution in [3.63, 3.8) is 0 Å². The first-order chi connectivity index (χ1) is 14.1. The third-order valence-electron chi connectivity index (χ3n) is 6.40. The van der Waals surface area contributed by atoms with Gasteiger partial charge in [-0.05, 0) is 50.3 Å². The molecule has 2 aliphatic heterocycles. The minimum Gasteiger partial charge on any atom is -0.448 e. The van der Waals surface area contributed by atoms with Gasteiger partial charge in [0, 0.05) is 31.6 Å². The largest absolute Gasteiger partial charge is 0.448 e. The quantitative estimate of drug-likeness (QED) is 0.760. The maximum atomic E-state index is 13.9. The van der Waals surface area contributed by atoms with E-state index in [2.05, 4.69) is 9.88 Å². The van der Waals surface area contributed by atoms with Crippen LogP contribution in [0.3, 0.4) is 0 Å². The van der Waals surface area contributed by atoms with Crippen molar-refractivity contribution in [3.8, 4) is 0 Å². The van der Waals surface area contributed by atoms with Gasteiger partial charge in [-0.25, -0.2) is 13.8 Å². The van der Waals surface area contributed by atoms with E-state index in [-0.39, 0.29) is 5.91 Å². The Bertz CT molecular complexity index is 861. The Morgan fingerprint density at radius 3 is 2.69 bits per heavy atom. The minimum atomic E-state index is -0.786. The Labute approximate surface area is 169 Å². The number of aryl methyl sites for hydroxylation is 1. The number of carbonyl (C=O) groups is 1. The first kappa shape index (κ1) is 20.0. The van der Waals surface area contributed by atoms with Gasteiger partial charge in [0.25, 0.3) is 5.91 Å². The molecular weight excluding hydrogens is 376 g/mol. The average Bonchev–Trinajstić information content (AvgIpc) is 3.41. The van der Waals surface area contributed by atoms with Gasteiger partial charge < -0.3 is 9.32 Å². The molecule has 1 amide bonds. The predicted molar refractivity (Wildman–Crippen MR) is 104 cm³/mol. The summed E-state index contributed by atoms with van der Waals surface area (Å²) in [5.41, 5.74) is 0.862. The highest BCUT2D eigenvalue weighted by Crippen LogP contribution is 2.33. The van der Waals surface area contributed by atoms with Crippen LogP contribution in [0.2, 0.25) is 0 Å². The van der Waals surface area contributed by atoms with Crippen molar-refractivity contribution in [1.29, 1.82) is 0 Å². The number of hydrogen-bond acceptors (Lipinski definition) is 4. The van der Waals surface area contributed by atoms with Crippen LogP contribution in [0.15, 0.2) is 29.0 Å². The Balaban J connectivity index is 1.29. The Morgan fingerprint density at radius 2 is 1.93 bits per heavy atom. The highest BCUT2D eigenvalue weighted by atomic mass is 19.2. The number of oxazole rings is 1. The number of nitrogens with zero attached hydrogens (tertiary/aromatic N) is 3. The van der Waals surface area contributed by atoms with Crippen LogP contribution in [0.25, 0.3) is 0 Å². The van der Waals surface area contributed by atoms with Gasteiger partial charge in [-0.2, -0.15) is 0 Å². The fourth-order valence-electron chi connectivity index (χ4n) is 4.70. The molecule has 2 aromatic rings.